The molecule has 0 saturated carbocycles. The molecule has 0 spiro atoms. The van der Waals surface area contributed by atoms with Crippen molar-refractivity contribution in [2.45, 2.75) is 45.3 Å². The molecule has 0 aliphatic rings. The molecule has 2 aromatic rings. The molecule has 0 aliphatic carbocycles. The predicted octanol–water partition coefficient (Wildman–Crippen LogP) is 3.30. The average Bonchev–Trinajstić information content (AvgIpc) is 2.87. The van der Waals surface area contributed by atoms with E-state index in [0.29, 0.717) is 0 Å². The fourth-order valence-corrected chi connectivity index (χ4v) is 2.35. The summed E-state index contributed by atoms with van der Waals surface area (Å²) in [4.78, 5) is 4.34. The van der Waals surface area contributed by atoms with E-state index in [1.165, 1.54) is 0 Å². The third kappa shape index (κ3) is 2.71. The van der Waals surface area contributed by atoms with Crippen molar-refractivity contribution < 1.29 is 5.11 Å². The van der Waals surface area contributed by atoms with Crippen molar-refractivity contribution in [1.82, 2.24) is 9.55 Å². The van der Waals surface area contributed by atoms with Gasteiger partial charge in [0.05, 0.1) is 0 Å². The zero-order valence-corrected chi connectivity index (χ0v) is 11.9. The summed E-state index contributed by atoms with van der Waals surface area (Å²) < 4.78 is 2.04. The van der Waals surface area contributed by atoms with Gasteiger partial charge in [-0.05, 0) is 12.0 Å². The molecule has 1 N–H and O–H groups in total. The van der Waals surface area contributed by atoms with Crippen LogP contribution in [0, 0.1) is 0 Å². The average molecular weight is 258 g/mol. The summed E-state index contributed by atoms with van der Waals surface area (Å²) in [6.45, 7) is 7.12. The molecule has 0 saturated heterocycles. The number of imidazole rings is 1. The van der Waals surface area contributed by atoms with Crippen molar-refractivity contribution in [3.05, 3.63) is 54.1 Å². The second-order valence-corrected chi connectivity index (χ2v) is 5.47. The highest BCUT2D eigenvalue weighted by atomic mass is 16.3. The highest BCUT2D eigenvalue weighted by Crippen LogP contribution is 2.35. The number of aryl methyl sites for hydroxylation is 1. The number of benzene rings is 1. The van der Waals surface area contributed by atoms with Gasteiger partial charge < -0.3 is 9.67 Å². The molecule has 0 aliphatic heterocycles. The second-order valence-electron chi connectivity index (χ2n) is 5.47. The van der Waals surface area contributed by atoms with Gasteiger partial charge in [0.25, 0.3) is 0 Å². The molecule has 3 heteroatoms. The zero-order valence-electron chi connectivity index (χ0n) is 11.9. The van der Waals surface area contributed by atoms with Crippen LogP contribution >= 0.6 is 0 Å². The van der Waals surface area contributed by atoms with Crippen LogP contribution < -0.4 is 0 Å². The van der Waals surface area contributed by atoms with Gasteiger partial charge in [0.2, 0.25) is 0 Å². The first-order valence-corrected chi connectivity index (χ1v) is 6.82. The number of aromatic nitrogens is 2. The summed E-state index contributed by atoms with van der Waals surface area (Å²) in [5, 5.41) is 10.7. The number of hydrogen-bond acceptors (Lipinski definition) is 2. The fourth-order valence-electron chi connectivity index (χ4n) is 2.35. The number of aliphatic hydroxyl groups excluding tert-OH is 1. The number of aliphatic hydroxyl groups is 1. The first-order valence-electron chi connectivity index (χ1n) is 6.82. The Morgan fingerprint density at radius 3 is 2.58 bits per heavy atom. The van der Waals surface area contributed by atoms with E-state index >= 15 is 0 Å². The van der Waals surface area contributed by atoms with E-state index in [9.17, 15) is 5.11 Å². The fraction of sp³-hybridized carbons (Fsp3) is 0.438. The zero-order chi connectivity index (χ0) is 13.9. The number of hydrogen-bond donors (Lipinski definition) is 1. The monoisotopic (exact) mass is 258 g/mol. The van der Waals surface area contributed by atoms with Crippen LogP contribution in [0.25, 0.3) is 0 Å². The Morgan fingerprint density at radius 1 is 1.26 bits per heavy atom. The summed E-state index contributed by atoms with van der Waals surface area (Å²) >= 11 is 0. The molecular formula is C16H22N2O. The standard InChI is InChI=1S/C16H22N2O/c1-4-11-18-12-10-17-15(18)14(19)16(2,3)13-8-6-5-7-9-13/h5-10,12,14,19H,4,11H2,1-3H3. The SMILES string of the molecule is CCCn1ccnc1C(O)C(C)(C)c1ccccc1. The molecule has 1 unspecified atom stereocenters. The molecule has 0 radical (unpaired) electrons. The second kappa shape index (κ2) is 5.57. The first-order chi connectivity index (χ1) is 9.07. The molecule has 1 heterocycles. The lowest BCUT2D eigenvalue weighted by atomic mass is 9.79. The Morgan fingerprint density at radius 2 is 1.95 bits per heavy atom. The minimum atomic E-state index is -0.614. The minimum Gasteiger partial charge on any atom is -0.384 e. The number of nitrogens with zero attached hydrogens (tertiary/aromatic N) is 2. The van der Waals surface area contributed by atoms with Crippen molar-refractivity contribution in [1.29, 1.82) is 0 Å². The third-order valence-corrected chi connectivity index (χ3v) is 3.66. The molecule has 0 amide bonds. The Hall–Kier alpha value is -1.61. The van der Waals surface area contributed by atoms with Gasteiger partial charge in [-0.25, -0.2) is 4.98 Å². The quantitative estimate of drug-likeness (QED) is 0.893. The maximum Gasteiger partial charge on any atom is 0.138 e. The Balaban J connectivity index is 2.32. The van der Waals surface area contributed by atoms with Crippen LogP contribution in [0.15, 0.2) is 42.7 Å². The van der Waals surface area contributed by atoms with Crippen LogP contribution in [0.3, 0.4) is 0 Å². The summed E-state index contributed by atoms with van der Waals surface area (Å²) in [6, 6.07) is 10.1. The van der Waals surface area contributed by atoms with Gasteiger partial charge >= 0.3 is 0 Å². The van der Waals surface area contributed by atoms with Crippen molar-refractivity contribution in [3.63, 3.8) is 0 Å². The first kappa shape index (κ1) is 13.8. The highest BCUT2D eigenvalue weighted by Gasteiger charge is 2.33. The Bertz CT molecular complexity index is 517. The van der Waals surface area contributed by atoms with E-state index < -0.39 is 6.10 Å². The molecule has 1 aromatic carbocycles. The van der Waals surface area contributed by atoms with Crippen LogP contribution in [-0.2, 0) is 12.0 Å². The predicted molar refractivity (Wildman–Crippen MR) is 76.9 cm³/mol. The van der Waals surface area contributed by atoms with Crippen molar-refractivity contribution in [3.8, 4) is 0 Å². The van der Waals surface area contributed by atoms with Crippen LogP contribution in [0.5, 0.6) is 0 Å². The van der Waals surface area contributed by atoms with Crippen LogP contribution in [-0.4, -0.2) is 14.7 Å². The summed E-state index contributed by atoms with van der Waals surface area (Å²) in [5.74, 6) is 0.746. The molecule has 0 fully saturated rings. The topological polar surface area (TPSA) is 38.0 Å². The van der Waals surface area contributed by atoms with E-state index in [1.807, 2.05) is 29.0 Å². The lowest BCUT2D eigenvalue weighted by Gasteiger charge is -2.31. The van der Waals surface area contributed by atoms with Crippen LogP contribution in [0.1, 0.15) is 44.7 Å². The van der Waals surface area contributed by atoms with Crippen LogP contribution in [0.2, 0.25) is 0 Å². The minimum absolute atomic E-state index is 0.363. The molecule has 2 rings (SSSR count). The van der Waals surface area contributed by atoms with Gasteiger partial charge in [-0.1, -0.05) is 51.1 Å². The normalized spacial score (nSPS) is 13.5. The van der Waals surface area contributed by atoms with Crippen molar-refractivity contribution >= 4 is 0 Å². The molecule has 1 aromatic heterocycles. The van der Waals surface area contributed by atoms with Gasteiger partial charge in [-0.2, -0.15) is 0 Å². The molecule has 0 bridgehead atoms. The van der Waals surface area contributed by atoms with Gasteiger partial charge in [-0.3, -0.25) is 0 Å². The van der Waals surface area contributed by atoms with Crippen LogP contribution in [0.4, 0.5) is 0 Å². The van der Waals surface area contributed by atoms with Crippen molar-refractivity contribution in [2.24, 2.45) is 0 Å². The highest BCUT2D eigenvalue weighted by molar-refractivity contribution is 5.26. The summed E-state index contributed by atoms with van der Waals surface area (Å²) in [7, 11) is 0. The van der Waals surface area contributed by atoms with Gasteiger partial charge in [0.15, 0.2) is 0 Å². The maximum absolute atomic E-state index is 10.7. The Kier molecular flexibility index (Phi) is 4.05. The smallest absolute Gasteiger partial charge is 0.138 e. The van der Waals surface area contributed by atoms with E-state index in [-0.39, 0.29) is 5.41 Å². The van der Waals surface area contributed by atoms with E-state index in [0.717, 1.165) is 24.4 Å². The van der Waals surface area contributed by atoms with Gasteiger partial charge in [-0.15, -0.1) is 0 Å². The molecule has 19 heavy (non-hydrogen) atoms. The lowest BCUT2D eigenvalue weighted by Crippen LogP contribution is -2.29. The third-order valence-electron chi connectivity index (χ3n) is 3.66. The number of rotatable bonds is 5. The van der Waals surface area contributed by atoms with Crippen molar-refractivity contribution in [2.75, 3.05) is 0 Å². The van der Waals surface area contributed by atoms with E-state index in [1.54, 1.807) is 6.20 Å². The van der Waals surface area contributed by atoms with E-state index in [4.69, 9.17) is 0 Å². The maximum atomic E-state index is 10.7. The Labute approximate surface area is 114 Å². The van der Waals surface area contributed by atoms with E-state index in [2.05, 4.69) is 37.9 Å². The molecule has 1 atom stereocenters. The largest absolute Gasteiger partial charge is 0.384 e. The molecule has 3 nitrogen and oxygen atoms in total. The lowest BCUT2D eigenvalue weighted by molar-refractivity contribution is 0.0879. The van der Waals surface area contributed by atoms with Gasteiger partial charge in [0, 0.05) is 24.4 Å². The molecule has 102 valence electrons. The van der Waals surface area contributed by atoms with Gasteiger partial charge in [0.1, 0.15) is 11.9 Å². The molecular weight excluding hydrogens is 236 g/mol. The summed E-state index contributed by atoms with van der Waals surface area (Å²) in [5.41, 5.74) is 0.756. The summed E-state index contributed by atoms with van der Waals surface area (Å²) in [6.07, 6.45) is 4.11.